The van der Waals surface area contributed by atoms with E-state index in [0.29, 0.717) is 6.54 Å². The molecule has 5 nitrogen and oxygen atoms in total. The van der Waals surface area contributed by atoms with Crippen molar-refractivity contribution in [1.82, 2.24) is 14.9 Å². The lowest BCUT2D eigenvalue weighted by Gasteiger charge is -2.25. The van der Waals surface area contributed by atoms with Crippen LogP contribution < -0.4 is 10.0 Å². The van der Waals surface area contributed by atoms with Crippen molar-refractivity contribution in [2.24, 2.45) is 5.92 Å². The molecule has 0 aliphatic heterocycles. The maximum Gasteiger partial charge on any atom is 0.213 e. The zero-order chi connectivity index (χ0) is 14.2. The molecule has 0 rings (SSSR count). The van der Waals surface area contributed by atoms with Crippen LogP contribution in [0.25, 0.3) is 0 Å². The Morgan fingerprint density at radius 3 is 2.22 bits per heavy atom. The maximum absolute atomic E-state index is 11.9. The predicted octanol–water partition coefficient (Wildman–Crippen LogP) is 0.492. The molecule has 0 aliphatic carbocycles. The van der Waals surface area contributed by atoms with Crippen molar-refractivity contribution in [2.75, 3.05) is 39.5 Å². The maximum atomic E-state index is 11.9. The Kier molecular flexibility index (Phi) is 8.77. The zero-order valence-electron chi connectivity index (χ0n) is 12.4. The van der Waals surface area contributed by atoms with Gasteiger partial charge in [-0.25, -0.2) is 13.1 Å². The van der Waals surface area contributed by atoms with Crippen LogP contribution in [0.15, 0.2) is 0 Å². The summed E-state index contributed by atoms with van der Waals surface area (Å²) in [5, 5.41) is 3.10. The first-order chi connectivity index (χ1) is 8.28. The lowest BCUT2D eigenvalue weighted by molar-refractivity contribution is 0.314. The number of nitrogens with one attached hydrogen (secondary N) is 2. The standard InChI is InChI=1S/C12H29N3O2S/c1-6-7-13-8-9-18(16,17)14-12(11(2)3)10-15(4)5/h11-14H,6-10H2,1-5H3. The molecule has 0 aromatic heterocycles. The van der Waals surface area contributed by atoms with Crippen LogP contribution in [0.1, 0.15) is 27.2 Å². The number of rotatable bonds is 10. The summed E-state index contributed by atoms with van der Waals surface area (Å²) in [5.41, 5.74) is 0. The molecular weight excluding hydrogens is 250 g/mol. The van der Waals surface area contributed by atoms with Crippen LogP contribution in [0.5, 0.6) is 0 Å². The van der Waals surface area contributed by atoms with E-state index in [9.17, 15) is 8.42 Å². The Bertz CT molecular complexity index is 302. The van der Waals surface area contributed by atoms with Crippen molar-refractivity contribution in [2.45, 2.75) is 33.2 Å². The Balaban J connectivity index is 4.24. The minimum Gasteiger partial charge on any atom is -0.316 e. The molecule has 18 heavy (non-hydrogen) atoms. The fourth-order valence-corrected chi connectivity index (χ4v) is 2.91. The van der Waals surface area contributed by atoms with Gasteiger partial charge in [0.1, 0.15) is 0 Å². The smallest absolute Gasteiger partial charge is 0.213 e. The molecule has 1 unspecified atom stereocenters. The Hall–Kier alpha value is -0.170. The summed E-state index contributed by atoms with van der Waals surface area (Å²) in [7, 11) is 0.711. The predicted molar refractivity (Wildman–Crippen MR) is 77.3 cm³/mol. The molecule has 0 heterocycles. The number of nitrogens with zero attached hydrogens (tertiary/aromatic N) is 1. The average molecular weight is 279 g/mol. The quantitative estimate of drug-likeness (QED) is 0.572. The monoisotopic (exact) mass is 279 g/mol. The highest BCUT2D eigenvalue weighted by atomic mass is 32.2. The summed E-state index contributed by atoms with van der Waals surface area (Å²) >= 11 is 0. The first-order valence-corrected chi connectivity index (χ1v) is 8.29. The van der Waals surface area contributed by atoms with Crippen molar-refractivity contribution in [3.05, 3.63) is 0 Å². The first-order valence-electron chi connectivity index (χ1n) is 6.64. The highest BCUT2D eigenvalue weighted by molar-refractivity contribution is 7.89. The second-order valence-electron chi connectivity index (χ2n) is 5.30. The molecule has 0 fully saturated rings. The highest BCUT2D eigenvalue weighted by Crippen LogP contribution is 2.04. The Morgan fingerprint density at radius 1 is 1.17 bits per heavy atom. The van der Waals surface area contributed by atoms with Gasteiger partial charge in [0.25, 0.3) is 0 Å². The summed E-state index contributed by atoms with van der Waals surface area (Å²) < 4.78 is 26.6. The lowest BCUT2D eigenvalue weighted by Crippen LogP contribution is -2.46. The van der Waals surface area contributed by atoms with E-state index in [1.54, 1.807) is 0 Å². The van der Waals surface area contributed by atoms with Gasteiger partial charge in [-0.3, -0.25) is 0 Å². The van der Waals surface area contributed by atoms with Crippen molar-refractivity contribution >= 4 is 10.0 Å². The van der Waals surface area contributed by atoms with Crippen molar-refractivity contribution in [3.8, 4) is 0 Å². The third-order valence-electron chi connectivity index (χ3n) is 2.67. The van der Waals surface area contributed by atoms with Gasteiger partial charge in [0.2, 0.25) is 10.0 Å². The van der Waals surface area contributed by atoms with Crippen molar-refractivity contribution in [1.29, 1.82) is 0 Å². The summed E-state index contributed by atoms with van der Waals surface area (Å²) in [6, 6.07) is -0.0313. The van der Waals surface area contributed by atoms with Gasteiger partial charge in [-0.15, -0.1) is 0 Å². The van der Waals surface area contributed by atoms with Gasteiger partial charge < -0.3 is 10.2 Å². The van der Waals surface area contributed by atoms with E-state index in [-0.39, 0.29) is 17.7 Å². The molecule has 6 heteroatoms. The van der Waals surface area contributed by atoms with Gasteiger partial charge in [-0.05, 0) is 33.0 Å². The minimum atomic E-state index is -3.19. The van der Waals surface area contributed by atoms with Crippen LogP contribution >= 0.6 is 0 Å². The molecule has 0 saturated carbocycles. The van der Waals surface area contributed by atoms with Crippen LogP contribution in [0, 0.1) is 5.92 Å². The summed E-state index contributed by atoms with van der Waals surface area (Å²) in [6.45, 7) is 8.22. The SMILES string of the molecule is CCCNCCS(=O)(=O)NC(CN(C)C)C(C)C. The van der Waals surface area contributed by atoms with Gasteiger partial charge >= 0.3 is 0 Å². The van der Waals surface area contributed by atoms with E-state index < -0.39 is 10.0 Å². The van der Waals surface area contributed by atoms with Crippen molar-refractivity contribution in [3.63, 3.8) is 0 Å². The summed E-state index contributed by atoms with van der Waals surface area (Å²) in [6.07, 6.45) is 1.02. The van der Waals surface area contributed by atoms with Gasteiger partial charge in [-0.1, -0.05) is 20.8 Å². The zero-order valence-corrected chi connectivity index (χ0v) is 13.2. The minimum absolute atomic E-state index is 0.0313. The molecule has 0 spiro atoms. The number of likely N-dealkylation sites (N-methyl/N-ethyl adjacent to an activating group) is 1. The fraction of sp³-hybridized carbons (Fsp3) is 1.00. The molecule has 1 atom stereocenters. The molecule has 2 N–H and O–H groups in total. The summed E-state index contributed by atoms with van der Waals surface area (Å²) in [5.74, 6) is 0.426. The van der Waals surface area contributed by atoms with E-state index in [1.807, 2.05) is 32.8 Å². The topological polar surface area (TPSA) is 61.4 Å². The van der Waals surface area contributed by atoms with Gasteiger partial charge in [0.05, 0.1) is 5.75 Å². The number of hydrogen-bond donors (Lipinski definition) is 2. The molecule has 0 amide bonds. The van der Waals surface area contributed by atoms with Gasteiger partial charge in [-0.2, -0.15) is 0 Å². The van der Waals surface area contributed by atoms with Gasteiger partial charge in [0.15, 0.2) is 0 Å². The molecule has 0 bridgehead atoms. The first kappa shape index (κ1) is 17.8. The van der Waals surface area contributed by atoms with Crippen molar-refractivity contribution < 1.29 is 8.42 Å². The van der Waals surface area contributed by atoms with Gasteiger partial charge in [0, 0.05) is 19.1 Å². The van der Waals surface area contributed by atoms with Crippen LogP contribution in [0.3, 0.4) is 0 Å². The third-order valence-corrected chi connectivity index (χ3v) is 4.08. The number of hydrogen-bond acceptors (Lipinski definition) is 4. The van der Waals surface area contributed by atoms with Crippen LogP contribution in [0.2, 0.25) is 0 Å². The molecule has 0 radical (unpaired) electrons. The molecule has 0 aromatic rings. The Labute approximate surface area is 112 Å². The van der Waals surface area contributed by atoms with Crippen LogP contribution in [0.4, 0.5) is 0 Å². The fourth-order valence-electron chi connectivity index (χ4n) is 1.58. The Morgan fingerprint density at radius 2 is 1.78 bits per heavy atom. The second-order valence-corrected chi connectivity index (χ2v) is 7.17. The molecule has 0 aromatic carbocycles. The normalized spacial score (nSPS) is 14.4. The molecule has 0 aliphatic rings. The molecular formula is C12H29N3O2S. The van der Waals surface area contributed by atoms with E-state index in [2.05, 4.69) is 17.0 Å². The average Bonchev–Trinajstić information content (AvgIpc) is 2.22. The molecule has 110 valence electrons. The number of sulfonamides is 1. The third kappa shape index (κ3) is 8.85. The molecule has 0 saturated heterocycles. The van der Waals surface area contributed by atoms with Crippen LogP contribution in [-0.4, -0.2) is 58.8 Å². The van der Waals surface area contributed by atoms with Crippen LogP contribution in [-0.2, 0) is 10.0 Å². The second kappa shape index (κ2) is 8.85. The van der Waals surface area contributed by atoms with E-state index in [4.69, 9.17) is 0 Å². The highest BCUT2D eigenvalue weighted by Gasteiger charge is 2.20. The largest absolute Gasteiger partial charge is 0.316 e. The van der Waals surface area contributed by atoms with E-state index in [1.165, 1.54) is 0 Å². The van der Waals surface area contributed by atoms with E-state index >= 15 is 0 Å². The van der Waals surface area contributed by atoms with E-state index in [0.717, 1.165) is 19.5 Å². The summed E-state index contributed by atoms with van der Waals surface area (Å²) in [4.78, 5) is 2.00. The lowest BCUT2D eigenvalue weighted by atomic mass is 10.1.